The molecule has 0 bridgehead atoms. The van der Waals surface area contributed by atoms with Gasteiger partial charge in [0.15, 0.2) is 0 Å². The summed E-state index contributed by atoms with van der Waals surface area (Å²) in [4.78, 5) is 19.4. The third-order valence-corrected chi connectivity index (χ3v) is 3.60. The van der Waals surface area contributed by atoms with E-state index in [1.165, 1.54) is 30.6 Å². The normalized spacial score (nSPS) is 11.8. The molecule has 5 nitrogen and oxygen atoms in total. The third kappa shape index (κ3) is 4.77. The summed E-state index contributed by atoms with van der Waals surface area (Å²) in [5.74, 6) is -0.0478. The van der Waals surface area contributed by atoms with Crippen LogP contribution in [-0.2, 0) is 4.79 Å². The quantitative estimate of drug-likeness (QED) is 0.280. The highest BCUT2D eigenvalue weighted by Gasteiger charge is 2.06. The fraction of sp³-hybridized carbons (Fsp3) is 0.0625. The number of fused-ring (bicyclic) bond motifs is 1. The number of aliphatic hydroxyl groups excluding tert-OH is 1. The Bertz CT molecular complexity index is 852. The van der Waals surface area contributed by atoms with Crippen LogP contribution in [0.25, 0.3) is 10.2 Å². The third-order valence-electron chi connectivity index (χ3n) is 2.56. The van der Waals surface area contributed by atoms with Gasteiger partial charge in [0.05, 0.1) is 10.2 Å². The number of rotatable bonds is 5. The Morgan fingerprint density at radius 1 is 1.48 bits per heavy atom. The summed E-state index contributed by atoms with van der Waals surface area (Å²) in [6, 6.07) is 5.13. The maximum absolute atomic E-state index is 11.0. The molecule has 1 aromatic carbocycles. The van der Waals surface area contributed by atoms with Crippen molar-refractivity contribution in [1.82, 2.24) is 4.98 Å². The van der Waals surface area contributed by atoms with Crippen molar-refractivity contribution in [2.45, 2.75) is 6.92 Å². The summed E-state index contributed by atoms with van der Waals surface area (Å²) in [6.07, 6.45) is 2.66. The van der Waals surface area contributed by atoms with E-state index in [1.54, 1.807) is 18.2 Å². The number of carbonyl (C=O) groups excluding carboxylic acids is 1. The molecule has 2 rings (SSSR count). The lowest BCUT2D eigenvalue weighted by molar-refractivity contribution is -0.131. The molecule has 0 aliphatic rings. The first-order chi connectivity index (χ1) is 10.8. The molecule has 0 unspecified atom stereocenters. The Morgan fingerprint density at radius 3 is 2.87 bits per heavy atom. The number of benzene rings is 1. The van der Waals surface area contributed by atoms with Crippen LogP contribution in [0, 0.1) is 0 Å². The second kappa shape index (κ2) is 7.21. The zero-order valence-electron chi connectivity index (χ0n) is 12.2. The van der Waals surface area contributed by atoms with Gasteiger partial charge in [-0.25, -0.2) is 9.98 Å². The van der Waals surface area contributed by atoms with Crippen LogP contribution in [-0.4, -0.2) is 22.3 Å². The zero-order chi connectivity index (χ0) is 17.0. The molecule has 0 radical (unpaired) electrons. The highest BCUT2D eigenvalue weighted by Crippen LogP contribution is 2.31. The number of nitrogens with zero attached hydrogens (tertiary/aromatic N) is 2. The molecule has 1 aromatic heterocycles. The monoisotopic (exact) mass is 348 g/mol. The summed E-state index contributed by atoms with van der Waals surface area (Å²) in [5, 5.41) is 10.4. The van der Waals surface area contributed by atoms with E-state index in [-0.39, 0.29) is 22.3 Å². The number of allylic oxidation sites excluding steroid dienone is 3. The van der Waals surface area contributed by atoms with E-state index in [0.717, 1.165) is 10.2 Å². The van der Waals surface area contributed by atoms with Gasteiger partial charge >= 0.3 is 5.97 Å². The molecule has 0 saturated heterocycles. The van der Waals surface area contributed by atoms with Gasteiger partial charge in [0.25, 0.3) is 0 Å². The van der Waals surface area contributed by atoms with Crippen LogP contribution in [0.5, 0.6) is 5.75 Å². The SMILES string of the molecule is C=C(Cl)/C=C(/O)C(=C)/C=N/c1nc2ccc(OC(C)=O)cc2s1. The van der Waals surface area contributed by atoms with Crippen molar-refractivity contribution in [3.05, 3.63) is 53.8 Å². The maximum Gasteiger partial charge on any atom is 0.308 e. The number of thiazole rings is 1. The molecule has 0 spiro atoms. The van der Waals surface area contributed by atoms with E-state index < -0.39 is 0 Å². The maximum atomic E-state index is 11.0. The van der Waals surface area contributed by atoms with Gasteiger partial charge < -0.3 is 9.84 Å². The summed E-state index contributed by atoms with van der Waals surface area (Å²) >= 11 is 6.90. The van der Waals surface area contributed by atoms with E-state index in [1.807, 2.05) is 0 Å². The Kier molecular flexibility index (Phi) is 5.31. The molecule has 0 saturated carbocycles. The average Bonchev–Trinajstić information content (AvgIpc) is 2.85. The van der Waals surface area contributed by atoms with Crippen molar-refractivity contribution in [2.24, 2.45) is 4.99 Å². The topological polar surface area (TPSA) is 71.8 Å². The number of hydrogen-bond acceptors (Lipinski definition) is 6. The highest BCUT2D eigenvalue weighted by atomic mass is 35.5. The van der Waals surface area contributed by atoms with Crippen molar-refractivity contribution in [2.75, 3.05) is 0 Å². The van der Waals surface area contributed by atoms with E-state index >= 15 is 0 Å². The number of aliphatic imine (C=N–C) groups is 1. The predicted molar refractivity (Wildman–Crippen MR) is 93.9 cm³/mol. The first kappa shape index (κ1) is 16.9. The van der Waals surface area contributed by atoms with Gasteiger partial charge in [-0.15, -0.1) is 0 Å². The first-order valence-electron chi connectivity index (χ1n) is 6.42. The number of halogens is 1. The van der Waals surface area contributed by atoms with Crippen molar-refractivity contribution in [3.63, 3.8) is 0 Å². The minimum absolute atomic E-state index is 0.119. The number of hydrogen-bond donors (Lipinski definition) is 1. The van der Waals surface area contributed by atoms with E-state index in [2.05, 4.69) is 23.1 Å². The Morgan fingerprint density at radius 2 is 2.22 bits per heavy atom. The second-order valence-corrected chi connectivity index (χ2v) is 5.97. The van der Waals surface area contributed by atoms with E-state index in [4.69, 9.17) is 16.3 Å². The summed E-state index contributed by atoms with van der Waals surface area (Å²) in [7, 11) is 0. The van der Waals surface area contributed by atoms with Crippen LogP contribution in [0.2, 0.25) is 0 Å². The molecule has 0 amide bonds. The van der Waals surface area contributed by atoms with Gasteiger partial charge in [0.1, 0.15) is 11.5 Å². The Balaban J connectivity index is 2.21. The van der Waals surface area contributed by atoms with Crippen LogP contribution in [0.15, 0.2) is 58.8 Å². The molecule has 23 heavy (non-hydrogen) atoms. The molecule has 118 valence electrons. The predicted octanol–water partition coefficient (Wildman–Crippen LogP) is 4.67. The summed E-state index contributed by atoms with van der Waals surface area (Å²) in [6.45, 7) is 8.47. The molecule has 0 atom stereocenters. The second-order valence-electron chi connectivity index (χ2n) is 4.48. The average molecular weight is 349 g/mol. The van der Waals surface area contributed by atoms with Gasteiger partial charge in [-0.3, -0.25) is 4.79 Å². The molecular formula is C16H13ClN2O3S. The zero-order valence-corrected chi connectivity index (χ0v) is 13.8. The lowest BCUT2D eigenvalue weighted by Crippen LogP contribution is -2.00. The van der Waals surface area contributed by atoms with Crippen LogP contribution in [0.3, 0.4) is 0 Å². The number of esters is 1. The van der Waals surface area contributed by atoms with Crippen molar-refractivity contribution in [3.8, 4) is 5.75 Å². The van der Waals surface area contributed by atoms with Crippen molar-refractivity contribution < 1.29 is 14.6 Å². The summed E-state index contributed by atoms with van der Waals surface area (Å²) < 4.78 is 5.85. The van der Waals surface area contributed by atoms with Gasteiger partial charge in [-0.05, 0) is 18.2 Å². The minimum Gasteiger partial charge on any atom is -0.507 e. The molecule has 1 heterocycles. The molecular weight excluding hydrogens is 336 g/mol. The van der Waals surface area contributed by atoms with Crippen molar-refractivity contribution in [1.29, 1.82) is 0 Å². The number of ether oxygens (including phenoxy) is 1. The molecule has 1 N–H and O–H groups in total. The Labute approximate surface area is 141 Å². The van der Waals surface area contributed by atoms with Crippen LogP contribution >= 0.6 is 22.9 Å². The van der Waals surface area contributed by atoms with Crippen LogP contribution in [0.4, 0.5) is 5.13 Å². The first-order valence-corrected chi connectivity index (χ1v) is 7.62. The molecule has 2 aromatic rings. The molecule has 7 heteroatoms. The van der Waals surface area contributed by atoms with Crippen LogP contribution in [0.1, 0.15) is 6.92 Å². The Hall–Kier alpha value is -2.44. The standard InChI is InChI=1S/C16H13ClN2O3S/c1-9(14(21)6-10(2)17)8-18-16-19-13-5-4-12(22-11(3)20)7-15(13)23-16/h4-8,21H,1-2H2,3H3/b14-6+,18-8+. The highest BCUT2D eigenvalue weighted by molar-refractivity contribution is 7.22. The fourth-order valence-corrected chi connectivity index (χ4v) is 2.56. The smallest absolute Gasteiger partial charge is 0.308 e. The lowest BCUT2D eigenvalue weighted by Gasteiger charge is -1.98. The molecule has 0 fully saturated rings. The lowest BCUT2D eigenvalue weighted by atomic mass is 10.2. The largest absolute Gasteiger partial charge is 0.507 e. The number of aliphatic hydroxyl groups is 1. The van der Waals surface area contributed by atoms with E-state index in [9.17, 15) is 9.90 Å². The fourth-order valence-electron chi connectivity index (χ4n) is 1.62. The summed E-state index contributed by atoms with van der Waals surface area (Å²) in [5.41, 5.74) is 1.02. The molecule has 0 aliphatic heterocycles. The van der Waals surface area contributed by atoms with Gasteiger partial charge in [-0.1, -0.05) is 36.1 Å². The van der Waals surface area contributed by atoms with Gasteiger partial charge in [0, 0.05) is 29.8 Å². The van der Waals surface area contributed by atoms with E-state index in [0.29, 0.717) is 10.9 Å². The van der Waals surface area contributed by atoms with Gasteiger partial charge in [-0.2, -0.15) is 0 Å². The molecule has 0 aliphatic carbocycles. The number of carbonyl (C=O) groups is 1. The number of aromatic nitrogens is 1. The van der Waals surface area contributed by atoms with Crippen molar-refractivity contribution >= 4 is 50.5 Å². The van der Waals surface area contributed by atoms with Crippen LogP contribution < -0.4 is 4.74 Å². The van der Waals surface area contributed by atoms with Gasteiger partial charge in [0.2, 0.25) is 5.13 Å². The minimum atomic E-state index is -0.383.